The lowest BCUT2D eigenvalue weighted by atomic mass is 10.0. The average molecular weight is 325 g/mol. The van der Waals surface area contributed by atoms with Crippen molar-refractivity contribution in [3.63, 3.8) is 0 Å². The molecule has 0 radical (unpaired) electrons. The van der Waals surface area contributed by atoms with Gasteiger partial charge in [0.15, 0.2) is 0 Å². The van der Waals surface area contributed by atoms with Crippen LogP contribution in [0.1, 0.15) is 39.5 Å². The molecular formula is C17H31N3O3. The zero-order valence-electron chi connectivity index (χ0n) is 14.5. The third-order valence-corrected chi connectivity index (χ3v) is 3.93. The van der Waals surface area contributed by atoms with E-state index in [0.29, 0.717) is 13.2 Å². The number of nitrogens with zero attached hydrogens (tertiary/aromatic N) is 1. The second-order valence-corrected chi connectivity index (χ2v) is 6.00. The van der Waals surface area contributed by atoms with Crippen molar-refractivity contribution in [2.45, 2.75) is 51.7 Å². The molecule has 1 unspecified atom stereocenters. The third kappa shape index (κ3) is 8.13. The summed E-state index contributed by atoms with van der Waals surface area (Å²) in [7, 11) is 0. The largest absolute Gasteiger partial charge is 0.368 e. The van der Waals surface area contributed by atoms with Crippen molar-refractivity contribution >= 4 is 11.8 Å². The van der Waals surface area contributed by atoms with Crippen LogP contribution in [0.25, 0.3) is 0 Å². The molecule has 0 aliphatic carbocycles. The van der Waals surface area contributed by atoms with Crippen LogP contribution in [0.5, 0.6) is 0 Å². The maximum atomic E-state index is 12.0. The maximum Gasteiger partial charge on any atom is 0.249 e. The fourth-order valence-corrected chi connectivity index (χ4v) is 2.48. The number of piperidine rings is 1. The van der Waals surface area contributed by atoms with E-state index < -0.39 is 6.10 Å². The van der Waals surface area contributed by atoms with Crippen LogP contribution in [0.15, 0.2) is 12.7 Å². The Balaban J connectivity index is 2.21. The first kappa shape index (κ1) is 19.6. The summed E-state index contributed by atoms with van der Waals surface area (Å²) in [5.41, 5.74) is 0. The highest BCUT2D eigenvalue weighted by Gasteiger charge is 2.23. The van der Waals surface area contributed by atoms with Gasteiger partial charge in [-0.05, 0) is 32.6 Å². The second-order valence-electron chi connectivity index (χ2n) is 6.00. The zero-order valence-corrected chi connectivity index (χ0v) is 14.5. The maximum absolute atomic E-state index is 12.0. The van der Waals surface area contributed by atoms with Gasteiger partial charge in [0, 0.05) is 25.7 Å². The Kier molecular flexibility index (Phi) is 9.55. The molecule has 1 atom stereocenters. The highest BCUT2D eigenvalue weighted by atomic mass is 16.5. The van der Waals surface area contributed by atoms with Gasteiger partial charge in [0.2, 0.25) is 11.8 Å². The molecule has 1 aliphatic rings. The average Bonchev–Trinajstić information content (AvgIpc) is 2.54. The van der Waals surface area contributed by atoms with E-state index in [4.69, 9.17) is 4.74 Å². The summed E-state index contributed by atoms with van der Waals surface area (Å²) in [5, 5.41) is 5.93. The second kappa shape index (κ2) is 11.2. The first-order valence-electron chi connectivity index (χ1n) is 8.58. The standard InChI is InChI=1S/C17H31N3O3/c1-4-6-12-23-14(3)17(22)19-15-7-10-20(11-8-15)13-16(21)18-9-5-2/h4,14-15H,1,5-13H2,2-3H3,(H,18,21)(H,19,22). The van der Waals surface area contributed by atoms with E-state index in [1.807, 2.05) is 6.92 Å². The summed E-state index contributed by atoms with van der Waals surface area (Å²) in [5.74, 6) is 0.0202. The number of hydrogen-bond acceptors (Lipinski definition) is 4. The van der Waals surface area contributed by atoms with Gasteiger partial charge in [0.05, 0.1) is 13.2 Å². The van der Waals surface area contributed by atoms with Crippen LogP contribution in [0.3, 0.4) is 0 Å². The molecule has 0 aromatic heterocycles. The molecule has 1 fully saturated rings. The first-order chi connectivity index (χ1) is 11.1. The third-order valence-electron chi connectivity index (χ3n) is 3.93. The number of hydrogen-bond donors (Lipinski definition) is 2. The lowest BCUT2D eigenvalue weighted by molar-refractivity contribution is -0.133. The van der Waals surface area contributed by atoms with Gasteiger partial charge in [-0.3, -0.25) is 14.5 Å². The Morgan fingerprint density at radius 2 is 2.09 bits per heavy atom. The Morgan fingerprint density at radius 1 is 1.39 bits per heavy atom. The Hall–Kier alpha value is -1.40. The van der Waals surface area contributed by atoms with Crippen LogP contribution in [-0.4, -0.2) is 61.6 Å². The molecule has 2 N–H and O–H groups in total. The van der Waals surface area contributed by atoms with Gasteiger partial charge in [-0.15, -0.1) is 6.58 Å². The van der Waals surface area contributed by atoms with E-state index >= 15 is 0 Å². The summed E-state index contributed by atoms with van der Waals surface area (Å²) < 4.78 is 5.45. The molecule has 1 aliphatic heterocycles. The minimum Gasteiger partial charge on any atom is -0.368 e. The topological polar surface area (TPSA) is 70.7 Å². The van der Waals surface area contributed by atoms with E-state index in [-0.39, 0.29) is 17.9 Å². The monoisotopic (exact) mass is 325 g/mol. The van der Waals surface area contributed by atoms with Crippen molar-refractivity contribution in [2.24, 2.45) is 0 Å². The smallest absolute Gasteiger partial charge is 0.249 e. The quantitative estimate of drug-likeness (QED) is 0.466. The van der Waals surface area contributed by atoms with Gasteiger partial charge in [-0.2, -0.15) is 0 Å². The zero-order chi connectivity index (χ0) is 17.1. The predicted octanol–water partition coefficient (Wildman–Crippen LogP) is 1.07. The number of rotatable bonds is 10. The molecule has 6 nitrogen and oxygen atoms in total. The molecular weight excluding hydrogens is 294 g/mol. The van der Waals surface area contributed by atoms with Gasteiger partial charge in [0.1, 0.15) is 6.10 Å². The number of amides is 2. The highest BCUT2D eigenvalue weighted by Crippen LogP contribution is 2.10. The first-order valence-corrected chi connectivity index (χ1v) is 8.58. The molecule has 0 aromatic rings. The normalized spacial score (nSPS) is 17.5. The van der Waals surface area contributed by atoms with Crippen LogP contribution >= 0.6 is 0 Å². The fourth-order valence-electron chi connectivity index (χ4n) is 2.48. The van der Waals surface area contributed by atoms with E-state index in [0.717, 1.165) is 45.3 Å². The van der Waals surface area contributed by atoms with Crippen LogP contribution in [0.4, 0.5) is 0 Å². The number of nitrogens with one attached hydrogen (secondary N) is 2. The predicted molar refractivity (Wildman–Crippen MR) is 91.1 cm³/mol. The van der Waals surface area contributed by atoms with Gasteiger partial charge in [-0.25, -0.2) is 0 Å². The molecule has 132 valence electrons. The van der Waals surface area contributed by atoms with E-state index in [2.05, 4.69) is 22.1 Å². The van der Waals surface area contributed by atoms with E-state index in [9.17, 15) is 9.59 Å². The fraction of sp³-hybridized carbons (Fsp3) is 0.765. The van der Waals surface area contributed by atoms with E-state index in [1.54, 1.807) is 13.0 Å². The molecule has 0 saturated carbocycles. The van der Waals surface area contributed by atoms with Gasteiger partial charge < -0.3 is 15.4 Å². The van der Waals surface area contributed by atoms with Crippen molar-refractivity contribution in [3.8, 4) is 0 Å². The number of likely N-dealkylation sites (tertiary alicyclic amines) is 1. The van der Waals surface area contributed by atoms with Crippen LogP contribution in [-0.2, 0) is 14.3 Å². The lowest BCUT2D eigenvalue weighted by Gasteiger charge is -2.32. The lowest BCUT2D eigenvalue weighted by Crippen LogP contribution is -2.49. The summed E-state index contributed by atoms with van der Waals surface area (Å²) in [4.78, 5) is 25.9. The molecule has 0 aromatic carbocycles. The number of carbonyl (C=O) groups excluding carboxylic acids is 2. The minimum atomic E-state index is -0.437. The number of carbonyl (C=O) groups is 2. The summed E-state index contributed by atoms with van der Waals surface area (Å²) >= 11 is 0. The van der Waals surface area contributed by atoms with Gasteiger partial charge in [0.25, 0.3) is 0 Å². The number of ether oxygens (including phenoxy) is 1. The molecule has 1 rings (SSSR count). The molecule has 1 heterocycles. The Labute approximate surface area is 139 Å². The molecule has 2 amide bonds. The van der Waals surface area contributed by atoms with E-state index in [1.165, 1.54) is 0 Å². The van der Waals surface area contributed by atoms with Crippen molar-refractivity contribution < 1.29 is 14.3 Å². The van der Waals surface area contributed by atoms with Crippen molar-refractivity contribution in [3.05, 3.63) is 12.7 Å². The van der Waals surface area contributed by atoms with Gasteiger partial charge in [-0.1, -0.05) is 13.0 Å². The molecule has 0 spiro atoms. The Bertz CT molecular complexity index is 379. The highest BCUT2D eigenvalue weighted by molar-refractivity contribution is 5.80. The summed E-state index contributed by atoms with van der Waals surface area (Å²) in [6.07, 6.45) is 4.77. The van der Waals surface area contributed by atoms with Crippen LogP contribution < -0.4 is 10.6 Å². The Morgan fingerprint density at radius 3 is 2.70 bits per heavy atom. The van der Waals surface area contributed by atoms with Crippen LogP contribution in [0.2, 0.25) is 0 Å². The molecule has 23 heavy (non-hydrogen) atoms. The van der Waals surface area contributed by atoms with Crippen molar-refractivity contribution in [1.29, 1.82) is 0 Å². The molecule has 1 saturated heterocycles. The minimum absolute atomic E-state index is 0.0619. The summed E-state index contributed by atoms with van der Waals surface area (Å²) in [6, 6.07) is 0.169. The van der Waals surface area contributed by atoms with Gasteiger partial charge >= 0.3 is 0 Å². The summed E-state index contributed by atoms with van der Waals surface area (Å²) in [6.45, 7) is 10.8. The SMILES string of the molecule is C=CCCOC(C)C(=O)NC1CCN(CC(=O)NCCC)CC1. The molecule has 0 bridgehead atoms. The van der Waals surface area contributed by atoms with Crippen molar-refractivity contribution in [2.75, 3.05) is 32.8 Å². The van der Waals surface area contributed by atoms with Crippen LogP contribution in [0, 0.1) is 0 Å². The molecule has 6 heteroatoms. The van der Waals surface area contributed by atoms with Crippen molar-refractivity contribution in [1.82, 2.24) is 15.5 Å².